The van der Waals surface area contributed by atoms with E-state index in [2.05, 4.69) is 4.98 Å². The van der Waals surface area contributed by atoms with Gasteiger partial charge in [-0.05, 0) is 50.7 Å². The smallest absolute Gasteiger partial charge is 0.257 e. The molecule has 4 rings (SSSR count). The number of aryl methyl sites for hydroxylation is 1. The molecule has 0 aliphatic carbocycles. The van der Waals surface area contributed by atoms with Gasteiger partial charge in [-0.1, -0.05) is 13.3 Å². The Hall–Kier alpha value is -2.90. The van der Waals surface area contributed by atoms with E-state index in [1.54, 1.807) is 6.07 Å². The van der Waals surface area contributed by atoms with Crippen molar-refractivity contribution in [3.63, 3.8) is 0 Å². The normalized spacial score (nSPS) is 17.9. The zero-order valence-electron chi connectivity index (χ0n) is 19.0. The van der Waals surface area contributed by atoms with Gasteiger partial charge in [0.25, 0.3) is 5.56 Å². The Labute approximate surface area is 187 Å². The molecule has 1 fully saturated rings. The fraction of sp³-hybridized carbons (Fsp3) is 0.542. The van der Waals surface area contributed by atoms with Crippen molar-refractivity contribution in [3.05, 3.63) is 45.0 Å². The average molecular weight is 443 g/mol. The van der Waals surface area contributed by atoms with Gasteiger partial charge in [-0.25, -0.2) is 4.39 Å². The van der Waals surface area contributed by atoms with E-state index in [0.717, 1.165) is 31.9 Å². The number of phenols is 1. The number of nitrogens with one attached hydrogen (secondary N) is 1. The molecule has 0 amide bonds. The van der Waals surface area contributed by atoms with Crippen molar-refractivity contribution in [3.8, 4) is 5.75 Å². The van der Waals surface area contributed by atoms with Crippen LogP contribution in [0, 0.1) is 5.82 Å². The number of halogens is 1. The molecule has 2 N–H and O–H groups in total. The van der Waals surface area contributed by atoms with Crippen LogP contribution in [0.2, 0.25) is 0 Å². The number of aromatic hydroxyl groups is 1. The Morgan fingerprint density at radius 1 is 1.28 bits per heavy atom. The average Bonchev–Trinajstić information content (AvgIpc) is 2.74. The first-order valence-corrected chi connectivity index (χ1v) is 11.4. The van der Waals surface area contributed by atoms with Gasteiger partial charge in [0.2, 0.25) is 5.95 Å². The number of anilines is 2. The molecular weight excluding hydrogens is 411 g/mol. The largest absolute Gasteiger partial charge is 0.508 e. The molecule has 0 saturated carbocycles. The van der Waals surface area contributed by atoms with Crippen LogP contribution in [0.5, 0.6) is 5.75 Å². The Balaban J connectivity index is 1.67. The SMILES string of the molecule is CCCc1cc(O)cc(F)c1C1(C(C)=O)CCN(c2nc3c(c(=O)[nH]2)CCCN3C)CC1. The van der Waals surface area contributed by atoms with Crippen molar-refractivity contribution < 1.29 is 14.3 Å². The summed E-state index contributed by atoms with van der Waals surface area (Å²) in [5, 5.41) is 9.92. The second kappa shape index (κ2) is 8.56. The number of nitrogens with zero attached hydrogens (tertiary/aromatic N) is 3. The summed E-state index contributed by atoms with van der Waals surface area (Å²) in [6, 6.07) is 2.68. The highest BCUT2D eigenvalue weighted by Crippen LogP contribution is 2.42. The summed E-state index contributed by atoms with van der Waals surface area (Å²) in [4.78, 5) is 37.2. The zero-order chi connectivity index (χ0) is 23.0. The molecule has 1 aromatic heterocycles. The van der Waals surface area contributed by atoms with Gasteiger partial charge in [0.15, 0.2) is 0 Å². The molecule has 172 valence electrons. The van der Waals surface area contributed by atoms with E-state index in [1.807, 2.05) is 23.8 Å². The van der Waals surface area contributed by atoms with E-state index >= 15 is 4.39 Å². The maximum atomic E-state index is 15.1. The molecule has 3 heterocycles. The van der Waals surface area contributed by atoms with E-state index in [0.29, 0.717) is 60.8 Å². The fourth-order valence-electron chi connectivity index (χ4n) is 5.29. The second-order valence-electron chi connectivity index (χ2n) is 9.05. The number of aromatic amines is 1. The van der Waals surface area contributed by atoms with E-state index in [-0.39, 0.29) is 17.1 Å². The van der Waals surface area contributed by atoms with Crippen LogP contribution in [0.25, 0.3) is 0 Å². The molecule has 0 unspecified atom stereocenters. The molecule has 0 radical (unpaired) electrons. The van der Waals surface area contributed by atoms with Crippen LogP contribution in [0.3, 0.4) is 0 Å². The minimum atomic E-state index is -0.954. The number of H-pyrrole nitrogens is 1. The van der Waals surface area contributed by atoms with E-state index < -0.39 is 11.2 Å². The number of piperidine rings is 1. The van der Waals surface area contributed by atoms with Crippen LogP contribution in [-0.2, 0) is 23.1 Å². The topological polar surface area (TPSA) is 89.5 Å². The quantitative estimate of drug-likeness (QED) is 0.740. The number of carbonyl (C=O) groups is 1. The van der Waals surface area contributed by atoms with Crippen LogP contribution in [0.15, 0.2) is 16.9 Å². The molecule has 1 saturated heterocycles. The lowest BCUT2D eigenvalue weighted by Gasteiger charge is -2.42. The molecule has 0 atom stereocenters. The summed E-state index contributed by atoms with van der Waals surface area (Å²) < 4.78 is 15.1. The molecule has 1 aromatic carbocycles. The van der Waals surface area contributed by atoms with E-state index in [4.69, 9.17) is 4.98 Å². The lowest BCUT2D eigenvalue weighted by molar-refractivity contribution is -0.123. The molecule has 2 aliphatic rings. The maximum absolute atomic E-state index is 15.1. The summed E-state index contributed by atoms with van der Waals surface area (Å²) in [7, 11) is 1.94. The van der Waals surface area contributed by atoms with Crippen LogP contribution in [-0.4, -0.2) is 47.5 Å². The van der Waals surface area contributed by atoms with Gasteiger partial charge in [-0.15, -0.1) is 0 Å². The number of phenolic OH excluding ortho intramolecular Hbond substituents is 1. The monoisotopic (exact) mass is 442 g/mol. The van der Waals surface area contributed by atoms with Gasteiger partial charge >= 0.3 is 0 Å². The number of aromatic nitrogens is 2. The summed E-state index contributed by atoms with van der Waals surface area (Å²) in [6.45, 7) is 5.31. The number of fused-ring (bicyclic) bond motifs is 1. The molecule has 0 spiro atoms. The van der Waals surface area contributed by atoms with Gasteiger partial charge in [-0.2, -0.15) is 4.98 Å². The second-order valence-corrected chi connectivity index (χ2v) is 9.05. The Morgan fingerprint density at radius 3 is 2.66 bits per heavy atom. The predicted octanol–water partition coefficient (Wildman–Crippen LogP) is 3.08. The third-order valence-corrected chi connectivity index (χ3v) is 7.01. The number of hydrogen-bond donors (Lipinski definition) is 2. The predicted molar refractivity (Wildman–Crippen MR) is 122 cm³/mol. The standard InChI is InChI=1S/C24H31FN4O3/c1-4-6-16-13-17(31)14-19(25)20(16)24(15(2)30)8-11-29(12-9-24)23-26-21-18(22(32)27-23)7-5-10-28(21)3/h13-14,31H,4-12H2,1-3H3,(H,26,27,32). The molecule has 32 heavy (non-hydrogen) atoms. The van der Waals surface area contributed by atoms with Crippen molar-refractivity contribution >= 4 is 17.5 Å². The zero-order valence-corrected chi connectivity index (χ0v) is 19.0. The third kappa shape index (κ3) is 3.76. The number of Topliss-reactive ketones (excluding diaryl/α,β-unsaturated/α-hetero) is 1. The van der Waals surface area contributed by atoms with E-state index in [9.17, 15) is 14.7 Å². The van der Waals surface area contributed by atoms with Crippen molar-refractivity contribution in [2.45, 2.75) is 57.8 Å². The highest BCUT2D eigenvalue weighted by atomic mass is 19.1. The number of hydrogen-bond acceptors (Lipinski definition) is 6. The summed E-state index contributed by atoms with van der Waals surface area (Å²) in [6.07, 6.45) is 3.84. The van der Waals surface area contributed by atoms with Crippen LogP contribution in [0.1, 0.15) is 56.2 Å². The van der Waals surface area contributed by atoms with Gasteiger partial charge in [0.05, 0.1) is 11.0 Å². The number of carbonyl (C=O) groups excluding carboxylic acids is 1. The summed E-state index contributed by atoms with van der Waals surface area (Å²) >= 11 is 0. The number of rotatable bonds is 5. The first kappa shape index (κ1) is 22.3. The van der Waals surface area contributed by atoms with Gasteiger partial charge < -0.3 is 14.9 Å². The molecule has 8 heteroatoms. The molecular formula is C24H31FN4O3. The van der Waals surface area contributed by atoms with E-state index in [1.165, 1.54) is 6.92 Å². The molecule has 0 bridgehead atoms. The highest BCUT2D eigenvalue weighted by Gasteiger charge is 2.44. The first-order valence-electron chi connectivity index (χ1n) is 11.4. The van der Waals surface area contributed by atoms with Crippen LogP contribution in [0.4, 0.5) is 16.2 Å². The highest BCUT2D eigenvalue weighted by molar-refractivity contribution is 5.89. The lowest BCUT2D eigenvalue weighted by atomic mass is 9.68. The van der Waals surface area contributed by atoms with Crippen molar-refractivity contribution in [2.75, 3.05) is 36.5 Å². The van der Waals surface area contributed by atoms with Gasteiger partial charge in [-0.3, -0.25) is 14.6 Å². The Bertz CT molecular complexity index is 1090. The Kier molecular flexibility index (Phi) is 5.97. The maximum Gasteiger partial charge on any atom is 0.257 e. The molecule has 7 nitrogen and oxygen atoms in total. The van der Waals surface area contributed by atoms with Gasteiger partial charge in [0, 0.05) is 38.3 Å². The summed E-state index contributed by atoms with van der Waals surface area (Å²) in [5.74, 6) is 0.489. The van der Waals surface area contributed by atoms with Crippen LogP contribution >= 0.6 is 0 Å². The third-order valence-electron chi connectivity index (χ3n) is 7.01. The fourth-order valence-corrected chi connectivity index (χ4v) is 5.29. The summed E-state index contributed by atoms with van der Waals surface area (Å²) in [5.41, 5.74) is 0.749. The number of ketones is 1. The minimum Gasteiger partial charge on any atom is -0.508 e. The van der Waals surface area contributed by atoms with Crippen molar-refractivity contribution in [2.24, 2.45) is 0 Å². The number of benzene rings is 1. The minimum absolute atomic E-state index is 0.0780. The first-order chi connectivity index (χ1) is 15.3. The van der Waals surface area contributed by atoms with Gasteiger partial charge in [0.1, 0.15) is 23.2 Å². The molecule has 2 aliphatic heterocycles. The molecule has 2 aromatic rings. The van der Waals surface area contributed by atoms with Crippen LogP contribution < -0.4 is 15.4 Å². The van der Waals surface area contributed by atoms with Crippen molar-refractivity contribution in [1.82, 2.24) is 9.97 Å². The van der Waals surface area contributed by atoms with Crippen molar-refractivity contribution in [1.29, 1.82) is 0 Å². The lowest BCUT2D eigenvalue weighted by Crippen LogP contribution is -2.48. The Morgan fingerprint density at radius 2 is 2.00 bits per heavy atom.